The summed E-state index contributed by atoms with van der Waals surface area (Å²) in [7, 11) is 0. The van der Waals surface area contributed by atoms with E-state index in [1.165, 1.54) is 69.6 Å². The highest BCUT2D eigenvalue weighted by atomic mass is 32.1. The lowest BCUT2D eigenvalue weighted by Gasteiger charge is -2.11. The highest BCUT2D eigenvalue weighted by Gasteiger charge is 2.20. The summed E-state index contributed by atoms with van der Waals surface area (Å²) >= 11 is 1.82. The number of thiophene rings is 1. The minimum absolute atomic E-state index is 0.655. The molecule has 4 nitrogen and oxygen atoms in total. The molecule has 60 heavy (non-hydrogen) atoms. The summed E-state index contributed by atoms with van der Waals surface area (Å²) in [6, 6.07) is 73.4. The third kappa shape index (κ3) is 5.70. The van der Waals surface area contributed by atoms with Crippen LogP contribution in [0, 0.1) is 0 Å². The summed E-state index contributed by atoms with van der Waals surface area (Å²) in [5.74, 6) is 1.97. The molecule has 0 spiro atoms. The first-order chi connectivity index (χ1) is 29.7. The SMILES string of the molecule is c1ccc(-c2ccc3c(c2)c2cc(-c4ccccc4)ccc2n3-c2ccc3c(c2)sc2cc(-c4nc(-c5ccccc5)nc(-c5ccccc5)n4)c4ccccc4c23)cc1. The lowest BCUT2D eigenvalue weighted by molar-refractivity contribution is 1.08. The van der Waals surface area contributed by atoms with Gasteiger partial charge < -0.3 is 4.57 Å². The van der Waals surface area contributed by atoms with Gasteiger partial charge in [0.2, 0.25) is 0 Å². The van der Waals surface area contributed by atoms with Gasteiger partial charge in [-0.25, -0.2) is 15.0 Å². The Balaban J connectivity index is 1.06. The summed E-state index contributed by atoms with van der Waals surface area (Å²) in [5.41, 5.74) is 11.2. The Bertz CT molecular complexity index is 3420. The molecule has 0 saturated carbocycles. The zero-order valence-corrected chi connectivity index (χ0v) is 33.1. The standard InChI is InChI=1S/C55H34N4S/c1-5-15-35(16-6-1)39-25-29-48-45(31-39)46-32-40(36-17-7-2-8-18-36)26-30-49(46)59(48)41-27-28-44-50(33-41)60-51-34-47(42-23-13-14-24-43(42)52(44)51)55-57-53(37-19-9-3-10-20-37)56-54(58-55)38-21-11-4-12-22-38/h1-34H. The van der Waals surface area contributed by atoms with Crippen LogP contribution in [0.2, 0.25) is 0 Å². The first-order valence-corrected chi connectivity index (χ1v) is 21.0. The van der Waals surface area contributed by atoms with E-state index in [1.807, 2.05) is 47.7 Å². The van der Waals surface area contributed by atoms with E-state index in [0.29, 0.717) is 17.5 Å². The minimum Gasteiger partial charge on any atom is -0.309 e. The van der Waals surface area contributed by atoms with Gasteiger partial charge in [-0.3, -0.25) is 0 Å². The Morgan fingerprint density at radius 2 is 0.800 bits per heavy atom. The predicted molar refractivity (Wildman–Crippen MR) is 252 cm³/mol. The monoisotopic (exact) mass is 782 g/mol. The second-order valence-corrected chi connectivity index (χ2v) is 16.3. The molecule has 0 unspecified atom stereocenters. The maximum Gasteiger partial charge on any atom is 0.164 e. The second-order valence-electron chi connectivity index (χ2n) is 15.2. The van der Waals surface area contributed by atoms with Crippen LogP contribution >= 0.6 is 11.3 Å². The summed E-state index contributed by atoms with van der Waals surface area (Å²) in [6.07, 6.45) is 0. The van der Waals surface area contributed by atoms with Gasteiger partial charge in [-0.05, 0) is 75.5 Å². The van der Waals surface area contributed by atoms with Crippen LogP contribution in [0.25, 0.3) is 115 Å². The van der Waals surface area contributed by atoms with Crippen molar-refractivity contribution in [3.8, 4) is 62.1 Å². The molecule has 280 valence electrons. The number of fused-ring (bicyclic) bond motifs is 8. The van der Waals surface area contributed by atoms with Crippen LogP contribution in [-0.4, -0.2) is 19.5 Å². The fourth-order valence-corrected chi connectivity index (χ4v) is 10.00. The Kier molecular flexibility index (Phi) is 8.00. The van der Waals surface area contributed by atoms with Gasteiger partial charge in [0, 0.05) is 53.3 Å². The molecule has 0 amide bonds. The second kappa shape index (κ2) is 14.0. The Morgan fingerprint density at radius 3 is 1.35 bits per heavy atom. The lowest BCUT2D eigenvalue weighted by Crippen LogP contribution is -2.00. The molecule has 9 aromatic carbocycles. The van der Waals surface area contributed by atoms with Gasteiger partial charge in [-0.15, -0.1) is 11.3 Å². The maximum absolute atomic E-state index is 5.15. The largest absolute Gasteiger partial charge is 0.309 e. The number of nitrogens with zero attached hydrogens (tertiary/aromatic N) is 4. The highest BCUT2D eigenvalue weighted by Crippen LogP contribution is 2.44. The minimum atomic E-state index is 0.655. The molecule has 3 heterocycles. The van der Waals surface area contributed by atoms with Gasteiger partial charge in [0.15, 0.2) is 17.5 Å². The predicted octanol–water partition coefficient (Wildman–Crippen LogP) is 14.8. The van der Waals surface area contributed by atoms with Crippen molar-refractivity contribution in [2.24, 2.45) is 0 Å². The summed E-state index contributed by atoms with van der Waals surface area (Å²) in [6.45, 7) is 0. The summed E-state index contributed by atoms with van der Waals surface area (Å²) in [4.78, 5) is 15.3. The van der Waals surface area contributed by atoms with Crippen molar-refractivity contribution >= 4 is 64.1 Å². The normalized spacial score (nSPS) is 11.7. The van der Waals surface area contributed by atoms with E-state index in [-0.39, 0.29) is 0 Å². The fourth-order valence-electron chi connectivity index (χ4n) is 8.80. The van der Waals surface area contributed by atoms with Crippen LogP contribution < -0.4 is 0 Å². The van der Waals surface area contributed by atoms with Crippen LogP contribution in [0.5, 0.6) is 0 Å². The average Bonchev–Trinajstić information content (AvgIpc) is 3.87. The van der Waals surface area contributed by atoms with Crippen LogP contribution in [0.4, 0.5) is 0 Å². The third-order valence-electron chi connectivity index (χ3n) is 11.6. The van der Waals surface area contributed by atoms with E-state index in [1.54, 1.807) is 0 Å². The van der Waals surface area contributed by atoms with Crippen LogP contribution in [0.3, 0.4) is 0 Å². The average molecular weight is 783 g/mol. The molecule has 3 aromatic heterocycles. The molecule has 0 aliphatic heterocycles. The molecule has 0 aliphatic carbocycles. The zero-order chi connectivity index (χ0) is 39.6. The topological polar surface area (TPSA) is 43.6 Å². The van der Waals surface area contributed by atoms with E-state index < -0.39 is 0 Å². The Labute approximate surface area is 350 Å². The zero-order valence-electron chi connectivity index (χ0n) is 32.3. The molecular formula is C55H34N4S. The number of aromatic nitrogens is 4. The van der Waals surface area contributed by atoms with Crippen LogP contribution in [-0.2, 0) is 0 Å². The highest BCUT2D eigenvalue weighted by molar-refractivity contribution is 7.26. The molecule has 0 saturated heterocycles. The van der Waals surface area contributed by atoms with E-state index in [9.17, 15) is 0 Å². The van der Waals surface area contributed by atoms with Crippen molar-refractivity contribution < 1.29 is 0 Å². The first kappa shape index (κ1) is 34.3. The molecular weight excluding hydrogens is 749 g/mol. The third-order valence-corrected chi connectivity index (χ3v) is 12.7. The van der Waals surface area contributed by atoms with Crippen molar-refractivity contribution in [2.45, 2.75) is 0 Å². The van der Waals surface area contributed by atoms with Gasteiger partial charge in [-0.2, -0.15) is 0 Å². The maximum atomic E-state index is 5.15. The van der Waals surface area contributed by atoms with E-state index in [2.05, 4.69) is 174 Å². The van der Waals surface area contributed by atoms with Crippen molar-refractivity contribution in [1.82, 2.24) is 19.5 Å². The van der Waals surface area contributed by atoms with Gasteiger partial charge in [0.25, 0.3) is 0 Å². The van der Waals surface area contributed by atoms with Gasteiger partial charge >= 0.3 is 0 Å². The van der Waals surface area contributed by atoms with Gasteiger partial charge in [0.1, 0.15) is 0 Å². The molecule has 0 atom stereocenters. The molecule has 0 bridgehead atoms. The van der Waals surface area contributed by atoms with Crippen molar-refractivity contribution in [3.63, 3.8) is 0 Å². The Hall–Kier alpha value is -7.73. The molecule has 12 rings (SSSR count). The number of hydrogen-bond donors (Lipinski definition) is 0. The first-order valence-electron chi connectivity index (χ1n) is 20.2. The molecule has 0 N–H and O–H groups in total. The van der Waals surface area contributed by atoms with E-state index in [4.69, 9.17) is 15.0 Å². The van der Waals surface area contributed by atoms with E-state index >= 15 is 0 Å². The number of hydrogen-bond acceptors (Lipinski definition) is 4. The van der Waals surface area contributed by atoms with Gasteiger partial charge in [0.05, 0.1) is 11.0 Å². The quantitative estimate of drug-likeness (QED) is 0.169. The van der Waals surface area contributed by atoms with Gasteiger partial charge in [-0.1, -0.05) is 164 Å². The van der Waals surface area contributed by atoms with Crippen molar-refractivity contribution in [1.29, 1.82) is 0 Å². The Morgan fingerprint density at radius 1 is 0.317 bits per heavy atom. The molecule has 5 heteroatoms. The van der Waals surface area contributed by atoms with Crippen LogP contribution in [0.1, 0.15) is 0 Å². The molecule has 12 aromatic rings. The summed E-state index contributed by atoms with van der Waals surface area (Å²) in [5, 5.41) is 7.26. The van der Waals surface area contributed by atoms with E-state index in [0.717, 1.165) is 27.8 Å². The number of rotatable bonds is 6. The molecule has 0 fully saturated rings. The van der Waals surface area contributed by atoms with Crippen LogP contribution in [0.15, 0.2) is 206 Å². The smallest absolute Gasteiger partial charge is 0.164 e. The lowest BCUT2D eigenvalue weighted by atomic mass is 9.98. The fraction of sp³-hybridized carbons (Fsp3) is 0. The van der Waals surface area contributed by atoms with Crippen molar-refractivity contribution in [3.05, 3.63) is 206 Å². The number of benzene rings is 9. The molecule has 0 radical (unpaired) electrons. The summed E-state index contributed by atoms with van der Waals surface area (Å²) < 4.78 is 4.86. The molecule has 0 aliphatic rings. The van der Waals surface area contributed by atoms with Crippen molar-refractivity contribution in [2.75, 3.05) is 0 Å².